The Morgan fingerprint density at radius 3 is 1.38 bits per heavy atom. The summed E-state index contributed by atoms with van der Waals surface area (Å²) in [5, 5.41) is 0. The molecule has 0 saturated heterocycles. The van der Waals surface area contributed by atoms with Crippen LogP contribution in [-0.2, 0) is 14.4 Å². The van der Waals surface area contributed by atoms with Crippen molar-refractivity contribution < 1.29 is 40.7 Å². The van der Waals surface area contributed by atoms with Crippen LogP contribution >= 0.6 is 31.9 Å². The number of hydrogen-bond acceptors (Lipinski definition) is 3. The summed E-state index contributed by atoms with van der Waals surface area (Å²) in [7, 11) is 0. The number of ketones is 3. The molecule has 0 aromatic carbocycles. The van der Waals surface area contributed by atoms with Gasteiger partial charge in [-0.25, -0.2) is 0 Å². The van der Waals surface area contributed by atoms with Gasteiger partial charge in [-0.3, -0.25) is 14.4 Å². The van der Waals surface area contributed by atoms with E-state index in [0.717, 1.165) is 0 Å². The van der Waals surface area contributed by atoms with Crippen molar-refractivity contribution in [3.63, 3.8) is 0 Å². The molecule has 0 aliphatic heterocycles. The van der Waals surface area contributed by atoms with Crippen LogP contribution in [0.3, 0.4) is 0 Å². The van der Waals surface area contributed by atoms with E-state index in [1.807, 2.05) is 0 Å². The number of alkyl halides is 8. The molecule has 2 atom stereocenters. The molecule has 120 valence electrons. The standard InChI is InChI=1S/C10H6Br2F6O3/c11-7(5(20)9(13,14)15)2-1-3-8(12,4(7)19)6(21)10(16,17)18/h1-3H2/t7-,8+. The van der Waals surface area contributed by atoms with Crippen molar-refractivity contribution in [3.8, 4) is 0 Å². The maximum atomic E-state index is 12.5. The minimum atomic E-state index is -5.42. The van der Waals surface area contributed by atoms with Crippen molar-refractivity contribution in [3.05, 3.63) is 0 Å². The zero-order valence-corrected chi connectivity index (χ0v) is 13.0. The fourth-order valence-corrected chi connectivity index (χ4v) is 3.95. The van der Waals surface area contributed by atoms with Crippen LogP contribution in [0.5, 0.6) is 0 Å². The molecule has 3 nitrogen and oxygen atoms in total. The highest BCUT2D eigenvalue weighted by molar-refractivity contribution is 9.11. The first-order valence-electron chi connectivity index (χ1n) is 5.33. The Kier molecular flexibility index (Phi) is 4.71. The lowest BCUT2D eigenvalue weighted by molar-refractivity contribution is -0.180. The maximum absolute atomic E-state index is 12.5. The molecule has 0 aromatic heterocycles. The molecule has 0 N–H and O–H groups in total. The van der Waals surface area contributed by atoms with Crippen molar-refractivity contribution in [2.45, 2.75) is 40.3 Å². The molecule has 1 fully saturated rings. The topological polar surface area (TPSA) is 51.2 Å². The molecule has 11 heteroatoms. The average molecular weight is 448 g/mol. The first-order chi connectivity index (χ1) is 9.17. The van der Waals surface area contributed by atoms with Crippen LogP contribution in [0.1, 0.15) is 19.3 Å². The molecular weight excluding hydrogens is 442 g/mol. The first-order valence-corrected chi connectivity index (χ1v) is 6.92. The smallest absolute Gasteiger partial charge is 0.295 e. The van der Waals surface area contributed by atoms with Gasteiger partial charge in [-0.15, -0.1) is 0 Å². The van der Waals surface area contributed by atoms with Crippen molar-refractivity contribution in [2.24, 2.45) is 0 Å². The zero-order valence-electron chi connectivity index (χ0n) is 9.87. The van der Waals surface area contributed by atoms with Crippen LogP contribution in [0.2, 0.25) is 0 Å². The van der Waals surface area contributed by atoms with Crippen LogP contribution < -0.4 is 0 Å². The Morgan fingerprint density at radius 1 is 0.857 bits per heavy atom. The summed E-state index contributed by atoms with van der Waals surface area (Å²) in [6.45, 7) is 0. The Bertz CT molecular complexity index is 458. The minimum absolute atomic E-state index is 0.355. The Labute approximate surface area is 130 Å². The fraction of sp³-hybridized carbons (Fsp3) is 0.700. The normalized spacial score (nSPS) is 31.1. The van der Waals surface area contributed by atoms with Crippen molar-refractivity contribution in [1.29, 1.82) is 0 Å². The highest BCUT2D eigenvalue weighted by atomic mass is 79.9. The summed E-state index contributed by atoms with van der Waals surface area (Å²) < 4.78 is 69.1. The van der Waals surface area contributed by atoms with Gasteiger partial charge >= 0.3 is 12.4 Å². The summed E-state index contributed by atoms with van der Waals surface area (Å²) in [4.78, 5) is 34.6. The quantitative estimate of drug-likeness (QED) is 0.371. The van der Waals surface area contributed by atoms with Crippen molar-refractivity contribution in [2.75, 3.05) is 0 Å². The lowest BCUT2D eigenvalue weighted by Crippen LogP contribution is -2.62. The van der Waals surface area contributed by atoms with Gasteiger partial charge in [0.1, 0.15) is 0 Å². The van der Waals surface area contributed by atoms with Gasteiger partial charge in [0.15, 0.2) is 14.4 Å². The number of carbonyl (C=O) groups is 3. The highest BCUT2D eigenvalue weighted by Gasteiger charge is 2.66. The van der Waals surface area contributed by atoms with Gasteiger partial charge in [-0.05, 0) is 19.3 Å². The molecule has 0 spiro atoms. The summed E-state index contributed by atoms with van der Waals surface area (Å²) in [6.07, 6.45) is -12.5. The van der Waals surface area contributed by atoms with Gasteiger partial charge in [0, 0.05) is 0 Å². The van der Waals surface area contributed by atoms with Gasteiger partial charge in [0.05, 0.1) is 0 Å². The second-order valence-electron chi connectivity index (χ2n) is 4.44. The van der Waals surface area contributed by atoms with Crippen LogP contribution in [-0.4, -0.2) is 38.4 Å². The van der Waals surface area contributed by atoms with E-state index in [4.69, 9.17) is 0 Å². The van der Waals surface area contributed by atoms with E-state index in [9.17, 15) is 40.7 Å². The predicted octanol–water partition coefficient (Wildman–Crippen LogP) is 3.27. The first kappa shape index (κ1) is 18.6. The number of rotatable bonds is 2. The largest absolute Gasteiger partial charge is 0.451 e. The van der Waals surface area contributed by atoms with E-state index in [1.54, 1.807) is 0 Å². The molecule has 0 amide bonds. The third-order valence-corrected chi connectivity index (χ3v) is 5.23. The van der Waals surface area contributed by atoms with Crippen LogP contribution in [0.25, 0.3) is 0 Å². The highest BCUT2D eigenvalue weighted by Crippen LogP contribution is 2.48. The van der Waals surface area contributed by atoms with Crippen LogP contribution in [0, 0.1) is 0 Å². The van der Waals surface area contributed by atoms with Gasteiger partial charge in [-0.2, -0.15) is 26.3 Å². The minimum Gasteiger partial charge on any atom is -0.295 e. The summed E-state index contributed by atoms with van der Waals surface area (Å²) >= 11 is 4.61. The van der Waals surface area contributed by atoms with Gasteiger partial charge in [0.2, 0.25) is 0 Å². The molecule has 0 aromatic rings. The predicted molar refractivity (Wildman–Crippen MR) is 64.3 cm³/mol. The molecule has 1 aliphatic rings. The number of Topliss-reactive ketones (excluding diaryl/α,β-unsaturated/α-hetero) is 3. The van der Waals surface area contributed by atoms with E-state index >= 15 is 0 Å². The average Bonchev–Trinajstić information content (AvgIpc) is 2.32. The molecule has 21 heavy (non-hydrogen) atoms. The Balaban J connectivity index is 3.30. The van der Waals surface area contributed by atoms with Crippen molar-refractivity contribution in [1.82, 2.24) is 0 Å². The molecule has 1 rings (SSSR count). The third-order valence-electron chi connectivity index (χ3n) is 3.00. The zero-order chi connectivity index (χ0) is 16.9. The van der Waals surface area contributed by atoms with Gasteiger partial charge in [-0.1, -0.05) is 31.9 Å². The van der Waals surface area contributed by atoms with E-state index in [2.05, 4.69) is 31.9 Å². The third kappa shape index (κ3) is 3.17. The lowest BCUT2D eigenvalue weighted by atomic mass is 9.75. The molecule has 0 bridgehead atoms. The SMILES string of the molecule is O=C(C(F)(F)F)[C@]1(Br)CCC[C@](Br)(C(=O)C(F)(F)F)C1=O. The Morgan fingerprint density at radius 2 is 1.14 bits per heavy atom. The van der Waals surface area contributed by atoms with Crippen LogP contribution in [0.4, 0.5) is 26.3 Å². The van der Waals surface area contributed by atoms with E-state index in [0.29, 0.717) is 0 Å². The fourth-order valence-electron chi connectivity index (χ4n) is 2.00. The van der Waals surface area contributed by atoms with E-state index < -0.39 is 51.2 Å². The van der Waals surface area contributed by atoms with Gasteiger partial charge < -0.3 is 0 Å². The molecule has 0 radical (unpaired) electrons. The number of hydrogen-bond donors (Lipinski definition) is 0. The monoisotopic (exact) mass is 446 g/mol. The summed E-state index contributed by atoms with van der Waals surface area (Å²) in [5.74, 6) is -6.84. The van der Waals surface area contributed by atoms with Gasteiger partial charge in [0.25, 0.3) is 11.6 Å². The molecule has 1 saturated carbocycles. The maximum Gasteiger partial charge on any atom is 0.451 e. The second-order valence-corrected chi connectivity index (χ2v) is 7.15. The summed E-state index contributed by atoms with van der Waals surface area (Å²) in [5.41, 5.74) is 0. The second kappa shape index (κ2) is 5.32. The van der Waals surface area contributed by atoms with E-state index in [1.165, 1.54) is 0 Å². The molecule has 0 unspecified atom stereocenters. The molecular formula is C10H6Br2F6O3. The number of halogens is 8. The van der Waals surface area contributed by atoms with Crippen molar-refractivity contribution >= 4 is 49.2 Å². The van der Waals surface area contributed by atoms with E-state index in [-0.39, 0.29) is 6.42 Å². The number of carbonyl (C=O) groups excluding carboxylic acids is 3. The Hall–Kier alpha value is -0.450. The molecule has 1 aliphatic carbocycles. The lowest BCUT2D eigenvalue weighted by Gasteiger charge is -2.38. The molecule has 0 heterocycles. The summed E-state index contributed by atoms with van der Waals surface area (Å²) in [6, 6.07) is 0. The van der Waals surface area contributed by atoms with Crippen LogP contribution in [0.15, 0.2) is 0 Å².